The number of nitrogens with zero attached hydrogens (tertiary/aromatic N) is 2. The van der Waals surface area contributed by atoms with Crippen LogP contribution in [0.25, 0.3) is 0 Å². The van der Waals surface area contributed by atoms with Crippen LogP contribution in [-0.4, -0.2) is 48.2 Å². The number of nitrogens with two attached hydrogens (primary N) is 1. The quantitative estimate of drug-likeness (QED) is 0.628. The van der Waals surface area contributed by atoms with Crippen molar-refractivity contribution in [3.8, 4) is 0 Å². The Hall–Kier alpha value is -2.19. The van der Waals surface area contributed by atoms with Crippen LogP contribution in [-0.2, 0) is 4.74 Å². The molecule has 108 valence electrons. The Bertz CT molecular complexity index is 491. The second-order valence-corrected chi connectivity index (χ2v) is 4.41. The van der Waals surface area contributed by atoms with Crippen molar-refractivity contribution >= 4 is 17.4 Å². The average Bonchev–Trinajstić information content (AvgIpc) is 2.47. The Balaban J connectivity index is 1.95. The van der Waals surface area contributed by atoms with Gasteiger partial charge in [0.25, 0.3) is 5.69 Å². The van der Waals surface area contributed by atoms with E-state index in [0.29, 0.717) is 31.9 Å². The molecule has 1 aliphatic heterocycles. The number of anilines is 1. The molecule has 1 unspecified atom stereocenters. The number of hydrogen-bond donors (Lipinski definition) is 2. The summed E-state index contributed by atoms with van der Waals surface area (Å²) >= 11 is 0. The third kappa shape index (κ3) is 3.43. The van der Waals surface area contributed by atoms with E-state index in [1.807, 2.05) is 0 Å². The van der Waals surface area contributed by atoms with Crippen molar-refractivity contribution in [3.63, 3.8) is 0 Å². The van der Waals surface area contributed by atoms with Crippen LogP contribution in [0.3, 0.4) is 0 Å². The number of benzene rings is 1. The molecule has 2 amide bonds. The summed E-state index contributed by atoms with van der Waals surface area (Å²) in [5.74, 6) is 0. The lowest BCUT2D eigenvalue weighted by Crippen LogP contribution is -2.49. The molecule has 20 heavy (non-hydrogen) atoms. The molecular formula is C12H16N4O4. The zero-order valence-electron chi connectivity index (χ0n) is 10.8. The standard InChI is InChI=1S/C12H16N4O4/c13-7-11-8-15(5-6-20-11)12(17)14-9-1-3-10(4-2-9)16(18)19/h1-4,11H,5-8,13H2,(H,14,17). The number of nitrogens with one attached hydrogen (secondary N) is 1. The van der Waals surface area contributed by atoms with E-state index in [1.165, 1.54) is 24.3 Å². The zero-order chi connectivity index (χ0) is 14.5. The summed E-state index contributed by atoms with van der Waals surface area (Å²) in [6.45, 7) is 1.75. The molecule has 1 saturated heterocycles. The van der Waals surface area contributed by atoms with Gasteiger partial charge in [0.15, 0.2) is 0 Å². The maximum absolute atomic E-state index is 12.0. The van der Waals surface area contributed by atoms with Crippen molar-refractivity contribution < 1.29 is 14.5 Å². The van der Waals surface area contributed by atoms with Crippen molar-refractivity contribution in [1.82, 2.24) is 4.90 Å². The lowest BCUT2D eigenvalue weighted by molar-refractivity contribution is -0.384. The van der Waals surface area contributed by atoms with Gasteiger partial charge >= 0.3 is 6.03 Å². The molecule has 1 heterocycles. The average molecular weight is 280 g/mol. The highest BCUT2D eigenvalue weighted by Gasteiger charge is 2.23. The van der Waals surface area contributed by atoms with Crippen LogP contribution in [0.1, 0.15) is 0 Å². The lowest BCUT2D eigenvalue weighted by atomic mass is 10.2. The number of non-ortho nitro benzene ring substituents is 1. The maximum Gasteiger partial charge on any atom is 0.322 e. The molecule has 3 N–H and O–H groups in total. The van der Waals surface area contributed by atoms with E-state index in [9.17, 15) is 14.9 Å². The van der Waals surface area contributed by atoms with E-state index in [0.717, 1.165) is 0 Å². The fourth-order valence-electron chi connectivity index (χ4n) is 1.92. The van der Waals surface area contributed by atoms with Gasteiger partial charge in [0.2, 0.25) is 0 Å². The molecule has 8 nitrogen and oxygen atoms in total. The Morgan fingerprint density at radius 2 is 2.20 bits per heavy atom. The highest BCUT2D eigenvalue weighted by Crippen LogP contribution is 2.16. The minimum absolute atomic E-state index is 0.0161. The molecule has 0 spiro atoms. The summed E-state index contributed by atoms with van der Waals surface area (Å²) in [5, 5.41) is 13.2. The highest BCUT2D eigenvalue weighted by molar-refractivity contribution is 5.89. The SMILES string of the molecule is NCC1CN(C(=O)Nc2ccc([N+](=O)[O-])cc2)CCO1. The highest BCUT2D eigenvalue weighted by atomic mass is 16.6. The van der Waals surface area contributed by atoms with Crippen molar-refractivity contribution in [1.29, 1.82) is 0 Å². The Kier molecular flexibility index (Phi) is 4.49. The van der Waals surface area contributed by atoms with Crippen LogP contribution < -0.4 is 11.1 Å². The lowest BCUT2D eigenvalue weighted by Gasteiger charge is -2.32. The second kappa shape index (κ2) is 6.31. The number of ether oxygens (including phenoxy) is 1. The molecule has 0 aliphatic carbocycles. The first kappa shape index (κ1) is 14.2. The van der Waals surface area contributed by atoms with Crippen LogP contribution in [0.15, 0.2) is 24.3 Å². The van der Waals surface area contributed by atoms with E-state index < -0.39 is 4.92 Å². The molecule has 1 aromatic carbocycles. The summed E-state index contributed by atoms with van der Waals surface area (Å²) in [4.78, 5) is 23.7. The van der Waals surface area contributed by atoms with Crippen molar-refractivity contribution in [3.05, 3.63) is 34.4 Å². The number of amides is 2. The molecule has 8 heteroatoms. The third-order valence-electron chi connectivity index (χ3n) is 3.02. The molecule has 0 saturated carbocycles. The molecule has 0 aromatic heterocycles. The predicted molar refractivity (Wildman–Crippen MR) is 72.5 cm³/mol. The van der Waals surface area contributed by atoms with Crippen molar-refractivity contribution in [2.75, 3.05) is 31.6 Å². The molecule has 1 atom stereocenters. The van der Waals surface area contributed by atoms with Crippen LogP contribution >= 0.6 is 0 Å². The predicted octanol–water partition coefficient (Wildman–Crippen LogP) is 0.786. The summed E-state index contributed by atoms with van der Waals surface area (Å²) in [6.07, 6.45) is -0.147. The Morgan fingerprint density at radius 3 is 2.80 bits per heavy atom. The van der Waals surface area contributed by atoms with E-state index in [2.05, 4.69) is 5.32 Å². The van der Waals surface area contributed by atoms with Gasteiger partial charge in [-0.05, 0) is 12.1 Å². The molecule has 1 aliphatic rings. The minimum atomic E-state index is -0.487. The van der Waals surface area contributed by atoms with Crippen LogP contribution in [0.4, 0.5) is 16.2 Å². The number of nitro groups is 1. The van der Waals surface area contributed by atoms with Crippen molar-refractivity contribution in [2.24, 2.45) is 5.73 Å². The first-order chi connectivity index (χ1) is 9.60. The molecule has 1 fully saturated rings. The monoisotopic (exact) mass is 280 g/mol. The van der Waals surface area contributed by atoms with E-state index >= 15 is 0 Å². The smallest absolute Gasteiger partial charge is 0.322 e. The number of urea groups is 1. The van der Waals surface area contributed by atoms with E-state index in [-0.39, 0.29) is 17.8 Å². The maximum atomic E-state index is 12.0. The van der Waals surface area contributed by atoms with Gasteiger partial charge in [-0.1, -0.05) is 0 Å². The van der Waals surface area contributed by atoms with Gasteiger partial charge in [0.1, 0.15) is 0 Å². The molecular weight excluding hydrogens is 264 g/mol. The number of carbonyl (C=O) groups excluding carboxylic acids is 1. The van der Waals surface area contributed by atoms with E-state index in [4.69, 9.17) is 10.5 Å². The first-order valence-corrected chi connectivity index (χ1v) is 6.22. The molecule has 2 rings (SSSR count). The minimum Gasteiger partial charge on any atom is -0.373 e. The summed E-state index contributed by atoms with van der Waals surface area (Å²) in [5.41, 5.74) is 6.01. The first-order valence-electron chi connectivity index (χ1n) is 6.22. The van der Waals surface area contributed by atoms with Crippen LogP contribution in [0, 0.1) is 10.1 Å². The number of nitro benzene ring substituents is 1. The normalized spacial score (nSPS) is 18.6. The van der Waals surface area contributed by atoms with Gasteiger partial charge in [-0.25, -0.2) is 4.79 Å². The number of hydrogen-bond acceptors (Lipinski definition) is 5. The van der Waals surface area contributed by atoms with Crippen LogP contribution in [0.2, 0.25) is 0 Å². The molecule has 0 radical (unpaired) electrons. The zero-order valence-corrected chi connectivity index (χ0v) is 10.8. The largest absolute Gasteiger partial charge is 0.373 e. The van der Waals surface area contributed by atoms with E-state index in [1.54, 1.807) is 4.90 Å². The molecule has 0 bridgehead atoms. The van der Waals surface area contributed by atoms with Crippen molar-refractivity contribution in [2.45, 2.75) is 6.10 Å². The fourth-order valence-corrected chi connectivity index (χ4v) is 1.92. The topological polar surface area (TPSA) is 111 Å². The van der Waals surface area contributed by atoms with Crippen LogP contribution in [0.5, 0.6) is 0 Å². The number of rotatable bonds is 3. The van der Waals surface area contributed by atoms with Gasteiger partial charge in [0, 0.05) is 37.5 Å². The fraction of sp³-hybridized carbons (Fsp3) is 0.417. The van der Waals surface area contributed by atoms with Gasteiger partial charge < -0.3 is 20.7 Å². The Labute approximate surface area is 115 Å². The Morgan fingerprint density at radius 1 is 1.50 bits per heavy atom. The third-order valence-corrected chi connectivity index (χ3v) is 3.02. The van der Waals surface area contributed by atoms with Gasteiger partial charge in [0.05, 0.1) is 17.6 Å². The van der Waals surface area contributed by atoms with Gasteiger partial charge in [-0.2, -0.15) is 0 Å². The van der Waals surface area contributed by atoms with Gasteiger partial charge in [-0.3, -0.25) is 10.1 Å². The number of morpholine rings is 1. The summed E-state index contributed by atoms with van der Waals surface area (Å²) in [7, 11) is 0. The number of carbonyl (C=O) groups is 1. The summed E-state index contributed by atoms with van der Waals surface area (Å²) in [6, 6.07) is 5.42. The molecule has 1 aromatic rings. The van der Waals surface area contributed by atoms with Gasteiger partial charge in [-0.15, -0.1) is 0 Å². The summed E-state index contributed by atoms with van der Waals surface area (Å²) < 4.78 is 5.38. The second-order valence-electron chi connectivity index (χ2n) is 4.41.